The number of piperidine rings is 1. The molecule has 1 amide bonds. The molecule has 0 N–H and O–H groups in total. The van der Waals surface area contributed by atoms with Gasteiger partial charge in [-0.15, -0.1) is 0 Å². The van der Waals surface area contributed by atoms with Gasteiger partial charge in [0.05, 0.1) is 26.2 Å². The van der Waals surface area contributed by atoms with Gasteiger partial charge in [0.2, 0.25) is 5.91 Å². The predicted molar refractivity (Wildman–Crippen MR) is 138 cm³/mol. The van der Waals surface area contributed by atoms with Crippen LogP contribution in [0.2, 0.25) is 0 Å². The highest BCUT2D eigenvalue weighted by Crippen LogP contribution is 2.38. The highest BCUT2D eigenvalue weighted by atomic mass is 19.1. The van der Waals surface area contributed by atoms with Crippen molar-refractivity contribution in [2.45, 2.75) is 50.4 Å². The Morgan fingerprint density at radius 2 is 1.70 bits per heavy atom. The normalized spacial score (nSPS) is 21.5. The molecule has 5 rings (SSSR count). The number of aryl methyl sites for hydroxylation is 1. The fraction of sp³-hybridized carbons (Fsp3) is 0.483. The van der Waals surface area contributed by atoms with Crippen molar-refractivity contribution in [3.8, 4) is 5.75 Å². The standard InChI is InChI=1S/C29H33FN2O8/c1-20-4-10-23(11-5-20)38-24-12-15-32(29(18-24)39-26(34)27(35)40-29)25(33)19-31(2)14-3-13-28(36-16-17-37-28)21-6-8-22(30)9-7-21/h4-11,24H,3,12-19H2,1-2H3. The molecule has 1 atom stereocenters. The molecule has 3 aliphatic rings. The second kappa shape index (κ2) is 11.5. The quantitative estimate of drug-likeness (QED) is 0.341. The number of hydrogen-bond acceptors (Lipinski definition) is 9. The topological polar surface area (TPSA) is 104 Å². The Morgan fingerprint density at radius 1 is 1.05 bits per heavy atom. The van der Waals surface area contributed by atoms with Crippen LogP contribution in [0.25, 0.3) is 0 Å². The Balaban J connectivity index is 1.19. The van der Waals surface area contributed by atoms with E-state index < -0.39 is 29.7 Å². The van der Waals surface area contributed by atoms with Gasteiger partial charge >= 0.3 is 17.8 Å². The van der Waals surface area contributed by atoms with E-state index in [9.17, 15) is 18.8 Å². The Labute approximate surface area is 231 Å². The first-order valence-corrected chi connectivity index (χ1v) is 13.4. The number of halogens is 1. The van der Waals surface area contributed by atoms with E-state index in [-0.39, 0.29) is 31.2 Å². The van der Waals surface area contributed by atoms with Crippen LogP contribution in [0, 0.1) is 12.7 Å². The first-order chi connectivity index (χ1) is 19.2. The maximum absolute atomic E-state index is 13.4. The summed E-state index contributed by atoms with van der Waals surface area (Å²) in [6, 6.07) is 13.6. The summed E-state index contributed by atoms with van der Waals surface area (Å²) >= 11 is 0. The number of likely N-dealkylation sites (tertiary alicyclic amines) is 1. The smallest absolute Gasteiger partial charge is 0.422 e. The van der Waals surface area contributed by atoms with Gasteiger partial charge in [0.1, 0.15) is 17.7 Å². The molecule has 3 fully saturated rings. The van der Waals surface area contributed by atoms with E-state index in [1.807, 2.05) is 36.1 Å². The van der Waals surface area contributed by atoms with E-state index in [2.05, 4.69) is 0 Å². The number of esters is 2. The molecule has 0 bridgehead atoms. The molecule has 40 heavy (non-hydrogen) atoms. The van der Waals surface area contributed by atoms with E-state index >= 15 is 0 Å². The van der Waals surface area contributed by atoms with Crippen LogP contribution in [0.15, 0.2) is 48.5 Å². The molecule has 10 nitrogen and oxygen atoms in total. The van der Waals surface area contributed by atoms with Crippen molar-refractivity contribution < 1.29 is 42.5 Å². The van der Waals surface area contributed by atoms with E-state index in [4.69, 9.17) is 23.7 Å². The van der Waals surface area contributed by atoms with Gasteiger partial charge in [-0.2, -0.15) is 0 Å². The maximum Gasteiger partial charge on any atom is 0.422 e. The molecular weight excluding hydrogens is 523 g/mol. The molecule has 1 spiro atoms. The van der Waals surface area contributed by atoms with Crippen molar-refractivity contribution in [2.75, 3.05) is 39.9 Å². The zero-order valence-electron chi connectivity index (χ0n) is 22.6. The van der Waals surface area contributed by atoms with E-state index in [1.54, 1.807) is 19.2 Å². The Kier molecular flexibility index (Phi) is 8.07. The van der Waals surface area contributed by atoms with Crippen molar-refractivity contribution in [3.63, 3.8) is 0 Å². The van der Waals surface area contributed by atoms with Gasteiger partial charge < -0.3 is 23.7 Å². The maximum atomic E-state index is 13.4. The number of hydrogen-bond donors (Lipinski definition) is 0. The number of carbonyl (C=O) groups excluding carboxylic acids is 3. The molecule has 2 aromatic rings. The largest absolute Gasteiger partial charge is 0.490 e. The summed E-state index contributed by atoms with van der Waals surface area (Å²) in [4.78, 5) is 40.6. The number of amides is 1. The fourth-order valence-electron chi connectivity index (χ4n) is 5.35. The lowest BCUT2D eigenvalue weighted by Crippen LogP contribution is -2.61. The van der Waals surface area contributed by atoms with E-state index in [0.717, 1.165) is 11.1 Å². The minimum atomic E-state index is -1.84. The summed E-state index contributed by atoms with van der Waals surface area (Å²) in [7, 11) is 1.80. The predicted octanol–water partition coefficient (Wildman–Crippen LogP) is 2.87. The average Bonchev–Trinajstić information content (AvgIpc) is 3.50. The van der Waals surface area contributed by atoms with Gasteiger partial charge in [-0.1, -0.05) is 29.8 Å². The number of benzene rings is 2. The van der Waals surface area contributed by atoms with Crippen LogP contribution in [0.4, 0.5) is 4.39 Å². The van der Waals surface area contributed by atoms with Crippen LogP contribution < -0.4 is 4.74 Å². The third-order valence-corrected chi connectivity index (χ3v) is 7.36. The van der Waals surface area contributed by atoms with Crippen LogP contribution in [0.1, 0.15) is 36.8 Å². The zero-order chi connectivity index (χ0) is 28.3. The second-order valence-corrected chi connectivity index (χ2v) is 10.4. The van der Waals surface area contributed by atoms with Crippen molar-refractivity contribution in [2.24, 2.45) is 0 Å². The van der Waals surface area contributed by atoms with Gasteiger partial charge in [-0.05, 0) is 51.2 Å². The number of rotatable bonds is 9. The fourth-order valence-corrected chi connectivity index (χ4v) is 5.35. The lowest BCUT2D eigenvalue weighted by Gasteiger charge is -2.43. The van der Waals surface area contributed by atoms with Crippen molar-refractivity contribution in [1.29, 1.82) is 0 Å². The molecule has 0 aromatic heterocycles. The molecule has 1 unspecified atom stereocenters. The van der Waals surface area contributed by atoms with Gasteiger partial charge in [0.25, 0.3) is 0 Å². The molecule has 3 heterocycles. The van der Waals surface area contributed by atoms with Crippen molar-refractivity contribution >= 4 is 17.8 Å². The highest BCUT2D eigenvalue weighted by Gasteiger charge is 2.58. The summed E-state index contributed by atoms with van der Waals surface area (Å²) in [6.07, 6.45) is 1.18. The van der Waals surface area contributed by atoms with Crippen LogP contribution in [0.5, 0.6) is 5.75 Å². The van der Waals surface area contributed by atoms with E-state index in [0.29, 0.717) is 44.8 Å². The third kappa shape index (κ3) is 5.96. The lowest BCUT2D eigenvalue weighted by molar-refractivity contribution is -0.267. The number of ether oxygens (including phenoxy) is 5. The first kappa shape index (κ1) is 28.0. The van der Waals surface area contributed by atoms with Crippen LogP contribution in [-0.2, 0) is 39.1 Å². The third-order valence-electron chi connectivity index (χ3n) is 7.36. The summed E-state index contributed by atoms with van der Waals surface area (Å²) in [5, 5.41) is 0. The first-order valence-electron chi connectivity index (χ1n) is 13.4. The van der Waals surface area contributed by atoms with Crippen molar-refractivity contribution in [3.05, 3.63) is 65.5 Å². The molecule has 214 valence electrons. The highest BCUT2D eigenvalue weighted by molar-refractivity contribution is 6.31. The molecule has 3 saturated heterocycles. The Bertz CT molecular complexity index is 1210. The summed E-state index contributed by atoms with van der Waals surface area (Å²) in [5.41, 5.74) is 1.83. The molecular formula is C29H33FN2O8. The molecule has 11 heteroatoms. The lowest BCUT2D eigenvalue weighted by atomic mass is 10.00. The SMILES string of the molecule is Cc1ccc(OC2CCN(C(=O)CN(C)CCCC3(c4ccc(F)cc4)OCCO3)C3(C2)OC(=O)C(=O)O3)cc1. The van der Waals surface area contributed by atoms with Crippen LogP contribution in [0.3, 0.4) is 0 Å². The zero-order valence-corrected chi connectivity index (χ0v) is 22.6. The van der Waals surface area contributed by atoms with E-state index in [1.165, 1.54) is 17.0 Å². The minimum Gasteiger partial charge on any atom is -0.490 e. The molecule has 2 aromatic carbocycles. The molecule has 0 radical (unpaired) electrons. The number of nitrogens with zero attached hydrogens (tertiary/aromatic N) is 2. The van der Waals surface area contributed by atoms with Gasteiger partial charge in [0.15, 0.2) is 5.79 Å². The van der Waals surface area contributed by atoms with Crippen LogP contribution in [-0.4, -0.2) is 79.6 Å². The monoisotopic (exact) mass is 556 g/mol. The molecule has 0 aliphatic carbocycles. The Morgan fingerprint density at radius 3 is 2.35 bits per heavy atom. The second-order valence-electron chi connectivity index (χ2n) is 10.4. The Hall–Kier alpha value is -3.54. The van der Waals surface area contributed by atoms with Crippen molar-refractivity contribution in [1.82, 2.24) is 9.80 Å². The van der Waals surface area contributed by atoms with Gasteiger partial charge in [-0.3, -0.25) is 14.6 Å². The van der Waals surface area contributed by atoms with Gasteiger partial charge in [-0.25, -0.2) is 14.0 Å². The van der Waals surface area contributed by atoms with Gasteiger partial charge in [0, 0.05) is 24.9 Å². The molecule has 0 saturated carbocycles. The summed E-state index contributed by atoms with van der Waals surface area (Å²) < 4.78 is 42.0. The summed E-state index contributed by atoms with van der Waals surface area (Å²) in [5.74, 6) is -5.10. The minimum absolute atomic E-state index is 0.00266. The summed E-state index contributed by atoms with van der Waals surface area (Å²) in [6.45, 7) is 3.56. The van der Waals surface area contributed by atoms with Crippen LogP contribution >= 0.6 is 0 Å². The molecule has 3 aliphatic heterocycles. The number of likely N-dealkylation sites (N-methyl/N-ethyl adjacent to an activating group) is 1. The number of carbonyl (C=O) groups is 3. The average molecular weight is 557 g/mol.